The van der Waals surface area contributed by atoms with E-state index in [4.69, 9.17) is 15.9 Å². The van der Waals surface area contributed by atoms with Crippen LogP contribution in [0.15, 0.2) is 53.5 Å². The number of anilines is 2. The highest BCUT2D eigenvalue weighted by Crippen LogP contribution is 2.44. The number of rotatable bonds is 7. The number of furan rings is 1. The highest BCUT2D eigenvalue weighted by Gasteiger charge is 2.26. The Balaban J connectivity index is 1.63. The Morgan fingerprint density at radius 1 is 1.33 bits per heavy atom. The summed E-state index contributed by atoms with van der Waals surface area (Å²) in [7, 11) is 0. The molecule has 9 nitrogen and oxygen atoms in total. The van der Waals surface area contributed by atoms with Crippen molar-refractivity contribution >= 4 is 49.9 Å². The van der Waals surface area contributed by atoms with Crippen molar-refractivity contribution in [1.82, 2.24) is 14.5 Å². The van der Waals surface area contributed by atoms with Gasteiger partial charge in [0, 0.05) is 36.3 Å². The van der Waals surface area contributed by atoms with Crippen LogP contribution in [0.3, 0.4) is 0 Å². The Hall–Kier alpha value is -4.36. The molecule has 5 N–H and O–H groups in total. The highest BCUT2D eigenvalue weighted by molar-refractivity contribution is 7.21. The van der Waals surface area contributed by atoms with E-state index in [9.17, 15) is 10.1 Å². The third-order valence-corrected chi connectivity index (χ3v) is 6.44. The summed E-state index contributed by atoms with van der Waals surface area (Å²) < 4.78 is 8.05. The number of pyridine rings is 1. The Labute approximate surface area is 192 Å². The zero-order valence-electron chi connectivity index (χ0n) is 17.4. The molecule has 0 aliphatic rings. The number of para-hydroxylation sites is 1. The van der Waals surface area contributed by atoms with E-state index in [1.165, 1.54) is 0 Å². The molecule has 1 aromatic carbocycles. The van der Waals surface area contributed by atoms with Crippen LogP contribution in [0.5, 0.6) is 0 Å². The topological polar surface area (TPSA) is 149 Å². The molecule has 1 amide bonds. The number of nitrogens with one attached hydrogen (secondary N) is 1. The number of carbonyl (C=O) groups excluding carboxylic acids is 1. The monoisotopic (exact) mass is 457 g/mol. The van der Waals surface area contributed by atoms with Gasteiger partial charge in [0.15, 0.2) is 0 Å². The van der Waals surface area contributed by atoms with Crippen LogP contribution < -0.4 is 16.8 Å². The summed E-state index contributed by atoms with van der Waals surface area (Å²) in [5, 5.41) is 14.7. The fraction of sp³-hybridized carbons (Fsp3) is 0.130. The standard InChI is InChI=1S/C23H19N7O2S/c24-11-14-17(16-10-13-4-1-2-5-15(13)32-16)18-19(25)20(21(26)31)33-23(18)29-22(14)28-6-3-8-30-9-7-27-12-30/h1-2,4-5,7,9-10,12H,3,6,8,25H2,(H2,26,31)(H,28,29). The summed E-state index contributed by atoms with van der Waals surface area (Å²) in [5.74, 6) is 0.241. The van der Waals surface area contributed by atoms with Crippen LogP contribution in [-0.2, 0) is 6.54 Å². The van der Waals surface area contributed by atoms with Crippen molar-refractivity contribution in [2.24, 2.45) is 5.73 Å². The van der Waals surface area contributed by atoms with Gasteiger partial charge in [-0.1, -0.05) is 18.2 Å². The number of nitriles is 1. The number of thiophene rings is 1. The van der Waals surface area contributed by atoms with Crippen LogP contribution in [0.1, 0.15) is 21.7 Å². The molecule has 0 bridgehead atoms. The number of aromatic nitrogens is 3. The lowest BCUT2D eigenvalue weighted by atomic mass is 10.0. The zero-order valence-corrected chi connectivity index (χ0v) is 18.2. The predicted molar refractivity (Wildman–Crippen MR) is 128 cm³/mol. The molecular weight excluding hydrogens is 438 g/mol. The van der Waals surface area contributed by atoms with Crippen LogP contribution in [0.25, 0.3) is 32.5 Å². The van der Waals surface area contributed by atoms with Gasteiger partial charge in [-0.05, 0) is 18.6 Å². The Morgan fingerprint density at radius 2 is 2.18 bits per heavy atom. The van der Waals surface area contributed by atoms with Gasteiger partial charge in [-0.25, -0.2) is 9.97 Å². The molecule has 5 aromatic rings. The first-order valence-electron chi connectivity index (χ1n) is 10.2. The second-order valence-corrected chi connectivity index (χ2v) is 8.44. The minimum Gasteiger partial charge on any atom is -0.456 e. The van der Waals surface area contributed by atoms with Crippen molar-refractivity contribution in [2.75, 3.05) is 17.6 Å². The molecule has 0 spiro atoms. The Morgan fingerprint density at radius 3 is 2.91 bits per heavy atom. The molecule has 33 heavy (non-hydrogen) atoms. The molecule has 0 unspecified atom stereocenters. The van der Waals surface area contributed by atoms with E-state index in [0.29, 0.717) is 45.0 Å². The van der Waals surface area contributed by atoms with Gasteiger partial charge in [0.2, 0.25) is 0 Å². The lowest BCUT2D eigenvalue weighted by Crippen LogP contribution is -2.10. The number of nitrogens with two attached hydrogens (primary N) is 2. The third kappa shape index (κ3) is 3.64. The third-order valence-electron chi connectivity index (χ3n) is 5.33. The van der Waals surface area contributed by atoms with E-state index in [1.807, 2.05) is 41.1 Å². The van der Waals surface area contributed by atoms with Crippen molar-refractivity contribution in [3.63, 3.8) is 0 Å². The minimum absolute atomic E-state index is 0.202. The number of benzene rings is 1. The minimum atomic E-state index is -0.639. The summed E-state index contributed by atoms with van der Waals surface area (Å²) >= 11 is 1.10. The quantitative estimate of drug-likeness (QED) is 0.313. The number of hydrogen-bond acceptors (Lipinski definition) is 8. The first-order valence-corrected chi connectivity index (χ1v) is 11.0. The SMILES string of the molecule is N#Cc1c(NCCCn2ccnc2)nc2sc(C(N)=O)c(N)c2c1-c1cc2ccccc2o1. The molecule has 0 aliphatic carbocycles. The Bertz CT molecular complexity index is 1490. The van der Waals surface area contributed by atoms with Crippen LogP contribution >= 0.6 is 11.3 Å². The van der Waals surface area contributed by atoms with E-state index in [-0.39, 0.29) is 10.6 Å². The first-order chi connectivity index (χ1) is 16.1. The number of hydrogen-bond donors (Lipinski definition) is 3. The number of primary amides is 1. The van der Waals surface area contributed by atoms with Crippen molar-refractivity contribution in [1.29, 1.82) is 5.26 Å². The number of carbonyl (C=O) groups is 1. The molecule has 0 saturated carbocycles. The summed E-state index contributed by atoms with van der Waals surface area (Å²) in [4.78, 5) is 21.3. The molecule has 0 fully saturated rings. The molecule has 10 heteroatoms. The van der Waals surface area contributed by atoms with Gasteiger partial charge >= 0.3 is 0 Å². The molecule has 0 atom stereocenters. The second-order valence-electron chi connectivity index (χ2n) is 7.44. The van der Waals surface area contributed by atoms with E-state index in [2.05, 4.69) is 21.4 Å². The highest BCUT2D eigenvalue weighted by atomic mass is 32.1. The smallest absolute Gasteiger partial charge is 0.260 e. The van der Waals surface area contributed by atoms with Gasteiger partial charge in [-0.15, -0.1) is 11.3 Å². The van der Waals surface area contributed by atoms with Gasteiger partial charge in [0.1, 0.15) is 38.5 Å². The van der Waals surface area contributed by atoms with Crippen LogP contribution in [-0.4, -0.2) is 27.0 Å². The number of nitrogen functional groups attached to an aromatic ring is 1. The predicted octanol–water partition coefficient (Wildman–Crippen LogP) is 3.96. The summed E-state index contributed by atoms with van der Waals surface area (Å²) in [6.07, 6.45) is 6.17. The average molecular weight is 458 g/mol. The van der Waals surface area contributed by atoms with Gasteiger partial charge in [0.05, 0.1) is 17.6 Å². The number of imidazole rings is 1. The molecular formula is C23H19N7O2S. The van der Waals surface area contributed by atoms with Crippen molar-refractivity contribution in [3.8, 4) is 17.4 Å². The molecule has 0 radical (unpaired) electrons. The summed E-state index contributed by atoms with van der Waals surface area (Å²) in [5.41, 5.74) is 13.5. The van der Waals surface area contributed by atoms with E-state index < -0.39 is 5.91 Å². The van der Waals surface area contributed by atoms with Crippen LogP contribution in [0.2, 0.25) is 0 Å². The number of nitrogens with zero attached hydrogens (tertiary/aromatic N) is 4. The largest absolute Gasteiger partial charge is 0.456 e. The number of fused-ring (bicyclic) bond motifs is 2. The normalized spacial score (nSPS) is 11.1. The summed E-state index contributed by atoms with van der Waals surface area (Å²) in [6, 6.07) is 11.7. The maximum absolute atomic E-state index is 12.0. The van der Waals surface area contributed by atoms with Crippen LogP contribution in [0, 0.1) is 11.3 Å². The lowest BCUT2D eigenvalue weighted by Gasteiger charge is -2.12. The van der Waals surface area contributed by atoms with E-state index >= 15 is 0 Å². The van der Waals surface area contributed by atoms with Gasteiger partial charge in [-0.2, -0.15) is 5.26 Å². The molecule has 5 rings (SSSR count). The zero-order chi connectivity index (χ0) is 22.9. The number of amides is 1. The van der Waals surface area contributed by atoms with Crippen LogP contribution in [0.4, 0.5) is 11.5 Å². The molecule has 4 heterocycles. The fourth-order valence-electron chi connectivity index (χ4n) is 3.81. The van der Waals surface area contributed by atoms with Gasteiger partial charge in [0.25, 0.3) is 5.91 Å². The molecule has 0 aliphatic heterocycles. The van der Waals surface area contributed by atoms with Crippen molar-refractivity contribution in [2.45, 2.75) is 13.0 Å². The second kappa shape index (κ2) is 8.29. The lowest BCUT2D eigenvalue weighted by molar-refractivity contribution is 0.100. The van der Waals surface area contributed by atoms with Crippen molar-refractivity contribution < 1.29 is 9.21 Å². The first kappa shape index (κ1) is 20.5. The van der Waals surface area contributed by atoms with Crippen molar-refractivity contribution in [3.05, 3.63) is 59.5 Å². The molecule has 164 valence electrons. The molecule has 4 aromatic heterocycles. The Kier molecular flexibility index (Phi) is 5.16. The van der Waals surface area contributed by atoms with Gasteiger partial charge < -0.3 is 25.8 Å². The maximum Gasteiger partial charge on any atom is 0.260 e. The van der Waals surface area contributed by atoms with E-state index in [1.54, 1.807) is 12.5 Å². The maximum atomic E-state index is 12.0. The fourth-order valence-corrected chi connectivity index (χ4v) is 4.77. The average Bonchev–Trinajstić information content (AvgIpc) is 3.54. The number of aryl methyl sites for hydroxylation is 1. The van der Waals surface area contributed by atoms with E-state index in [0.717, 1.165) is 29.7 Å². The molecule has 0 saturated heterocycles. The van der Waals surface area contributed by atoms with Gasteiger partial charge in [-0.3, -0.25) is 4.79 Å². The summed E-state index contributed by atoms with van der Waals surface area (Å²) in [6.45, 7) is 1.35.